The van der Waals surface area contributed by atoms with Crippen LogP contribution in [0.1, 0.15) is 6.92 Å². The zero-order valence-corrected chi connectivity index (χ0v) is 13.9. The van der Waals surface area contributed by atoms with Gasteiger partial charge in [-0.15, -0.1) is 0 Å². The van der Waals surface area contributed by atoms with E-state index in [1.807, 2.05) is 25.9 Å². The molecular weight excluding hydrogens is 438 g/mol. The van der Waals surface area contributed by atoms with Gasteiger partial charge in [0.1, 0.15) is 0 Å². The van der Waals surface area contributed by atoms with E-state index in [4.69, 9.17) is 28.0 Å². The average Bonchev–Trinajstić information content (AvgIpc) is 2.56. The Morgan fingerprint density at radius 3 is 1.40 bits per heavy atom. The number of nitrogens with zero attached hydrogens (tertiary/aromatic N) is 1. The summed E-state index contributed by atoms with van der Waals surface area (Å²) < 4.78 is 45.6. The Labute approximate surface area is 129 Å². The van der Waals surface area contributed by atoms with Gasteiger partial charge in [0.2, 0.25) is 0 Å². The Morgan fingerprint density at radius 1 is 0.950 bits per heavy atom. The Kier molecular flexibility index (Phi) is 120. The van der Waals surface area contributed by atoms with E-state index in [1.54, 1.807) is 0 Å². The van der Waals surface area contributed by atoms with Crippen LogP contribution in [-0.4, -0.2) is 29.7 Å². The fraction of sp³-hybridized carbons (Fsp3) is 0.333. The summed E-state index contributed by atoms with van der Waals surface area (Å²) in [7, 11) is 3.84. The van der Waals surface area contributed by atoms with Gasteiger partial charge in [0.15, 0.2) is 0 Å². The fourth-order valence-electron chi connectivity index (χ4n) is 0.457. The molecule has 106 valence electrons. The summed E-state index contributed by atoms with van der Waals surface area (Å²) in [5.74, 6) is 0.748. The van der Waals surface area contributed by atoms with Crippen molar-refractivity contribution in [2.45, 2.75) is 6.92 Å². The first-order valence-electron chi connectivity index (χ1n) is 4.04. The van der Waals surface area contributed by atoms with E-state index in [-0.39, 0.29) is 0 Å². The molecule has 0 aromatic carbocycles. The van der Waals surface area contributed by atoms with Crippen molar-refractivity contribution in [2.24, 2.45) is 0 Å². The van der Waals surface area contributed by atoms with Crippen LogP contribution < -0.4 is 0 Å². The van der Waals surface area contributed by atoms with Gasteiger partial charge < -0.3 is 0 Å². The molecule has 0 aliphatic heterocycles. The molecule has 0 unspecified atom stereocenters. The van der Waals surface area contributed by atoms with Crippen LogP contribution in [0.15, 0.2) is 11.6 Å². The predicted octanol–water partition coefficient (Wildman–Crippen LogP) is 0.341. The van der Waals surface area contributed by atoms with E-state index in [9.17, 15) is 0 Å². The van der Waals surface area contributed by atoms with Gasteiger partial charge in [-0.1, -0.05) is 0 Å². The van der Waals surface area contributed by atoms with E-state index in [2.05, 4.69) is 43.0 Å². The molecule has 8 heteroatoms. The second-order valence-electron chi connectivity index (χ2n) is 1.86. The van der Waals surface area contributed by atoms with Crippen molar-refractivity contribution in [3.8, 4) is 0 Å². The van der Waals surface area contributed by atoms with Gasteiger partial charge in [-0.05, 0) is 0 Å². The quantitative estimate of drug-likeness (QED) is 0.268. The molecule has 0 saturated carbocycles. The van der Waals surface area contributed by atoms with Crippen LogP contribution in [0.4, 0.5) is 0 Å². The monoisotopic (exact) mass is 449 g/mol. The van der Waals surface area contributed by atoms with Crippen LogP contribution in [-0.2, 0) is 47.4 Å². The van der Waals surface area contributed by atoms with Crippen molar-refractivity contribution in [1.82, 2.24) is 4.90 Å². The molecule has 0 rings (SSSR count). The number of ether oxygens (including phenoxy) is 1. The first-order valence-corrected chi connectivity index (χ1v) is 5.51. The molecule has 0 aliphatic rings. The maximum atomic E-state index is 7.50. The van der Waals surface area contributed by atoms with Crippen molar-refractivity contribution in [2.75, 3.05) is 20.7 Å². The maximum absolute atomic E-state index is 7.50. The van der Waals surface area contributed by atoms with Gasteiger partial charge >= 0.3 is 129 Å². The predicted molar refractivity (Wildman–Crippen MR) is 57.0 cm³/mol. The van der Waals surface area contributed by atoms with Crippen molar-refractivity contribution in [3.05, 3.63) is 44.9 Å². The number of hydrogen-bond donors (Lipinski definition) is 0. The molecular formula is C12H11NO6W. The molecule has 0 fully saturated rings. The van der Waals surface area contributed by atoms with Crippen molar-refractivity contribution >= 4 is 4.06 Å². The summed E-state index contributed by atoms with van der Waals surface area (Å²) in [6.07, 6.45) is 0. The molecule has 0 heterocycles. The van der Waals surface area contributed by atoms with E-state index in [1.165, 1.54) is 19.4 Å². The molecule has 0 radical (unpaired) electrons. The summed E-state index contributed by atoms with van der Waals surface area (Å²) >= 11 is 1.26. The van der Waals surface area contributed by atoms with Crippen LogP contribution in [0.2, 0.25) is 0 Å². The molecule has 0 amide bonds. The first-order chi connectivity index (χ1) is 9.72. The van der Waals surface area contributed by atoms with Gasteiger partial charge in [0.25, 0.3) is 0 Å². The van der Waals surface area contributed by atoms with Gasteiger partial charge in [-0.3, -0.25) is 0 Å². The van der Waals surface area contributed by atoms with Crippen LogP contribution in [0, 0.1) is 33.3 Å². The number of rotatable bonds is 3. The average molecular weight is 449 g/mol. The summed E-state index contributed by atoms with van der Waals surface area (Å²) in [6, 6.07) is 0. The van der Waals surface area contributed by atoms with Gasteiger partial charge in [-0.2, -0.15) is 0 Å². The minimum atomic E-state index is 0.678. The Balaban J connectivity index is -0.0000000412. The fourth-order valence-corrected chi connectivity index (χ4v) is 0.771. The first kappa shape index (κ1) is 36.2. The van der Waals surface area contributed by atoms with E-state index >= 15 is 0 Å². The van der Waals surface area contributed by atoms with Gasteiger partial charge in [-0.25, -0.2) is 0 Å². The van der Waals surface area contributed by atoms with E-state index < -0.39 is 0 Å². The second-order valence-corrected chi connectivity index (χ2v) is 2.59. The van der Waals surface area contributed by atoms with Crippen LogP contribution in [0.25, 0.3) is 0 Å². The second kappa shape index (κ2) is 66.3. The topological polar surface area (TPSA) is 112 Å². The molecule has 20 heavy (non-hydrogen) atoms. The molecule has 0 saturated heterocycles. The summed E-state index contributed by atoms with van der Waals surface area (Å²) in [6.45, 7) is 25.1. The Morgan fingerprint density at radius 2 is 1.25 bits per heavy atom. The molecule has 0 N–H and O–H groups in total. The summed E-state index contributed by atoms with van der Waals surface area (Å²) in [4.78, 5) is 1.87. The molecule has 0 atom stereocenters. The van der Waals surface area contributed by atoms with Crippen molar-refractivity contribution in [1.29, 1.82) is 0 Å². The standard InChI is InChI=1S/C7H11NO.5CO.W/c1-5-7(8(3)4)9-6-2;5*1-2;/h6H2,2-4H3;;;;;;. The molecule has 0 aromatic heterocycles. The third-order valence-corrected chi connectivity index (χ3v) is 1.21. The minimum absolute atomic E-state index is 0.678. The van der Waals surface area contributed by atoms with Gasteiger partial charge in [0, 0.05) is 0 Å². The normalized spacial score (nSPS) is 4.25. The molecule has 0 spiro atoms. The third kappa shape index (κ3) is 55.1. The van der Waals surface area contributed by atoms with Crippen molar-refractivity contribution < 1.29 is 47.4 Å². The SMILES string of the molecule is CCOC(=C=[C]=[W])N(C)C.[C-]#[O+].[C-]#[O+].[C-]#[O+].[C-]#[O+].[C-]#[O+]. The molecule has 0 bridgehead atoms. The van der Waals surface area contributed by atoms with E-state index in [0.29, 0.717) is 6.61 Å². The van der Waals surface area contributed by atoms with Crippen LogP contribution in [0.5, 0.6) is 0 Å². The molecule has 0 aromatic rings. The third-order valence-electron chi connectivity index (χ3n) is 0.845. The number of hydrogen-bond acceptors (Lipinski definition) is 2. The van der Waals surface area contributed by atoms with Crippen LogP contribution in [0.3, 0.4) is 0 Å². The van der Waals surface area contributed by atoms with Gasteiger partial charge in [0.05, 0.1) is 0 Å². The van der Waals surface area contributed by atoms with Crippen LogP contribution >= 0.6 is 0 Å². The van der Waals surface area contributed by atoms with Crippen molar-refractivity contribution in [3.63, 3.8) is 0 Å². The van der Waals surface area contributed by atoms with E-state index in [0.717, 1.165) is 5.88 Å². The molecule has 0 aliphatic carbocycles. The summed E-state index contributed by atoms with van der Waals surface area (Å²) in [5, 5.41) is 0. The Bertz CT molecular complexity index is 320. The zero-order valence-electron chi connectivity index (χ0n) is 11.0. The zero-order chi connectivity index (χ0) is 18.0. The summed E-state index contributed by atoms with van der Waals surface area (Å²) in [5.41, 5.74) is 2.89. The molecule has 7 nitrogen and oxygen atoms in total. The Hall–Kier alpha value is -1.58.